The third kappa shape index (κ3) is 3.20. The van der Waals surface area contributed by atoms with Crippen molar-refractivity contribution < 1.29 is 4.39 Å². The van der Waals surface area contributed by atoms with Gasteiger partial charge in [0.2, 0.25) is 0 Å². The minimum atomic E-state index is -0.262. The molecular weight excluding hydrogens is 293 g/mol. The first-order valence-electron chi connectivity index (χ1n) is 5.59. The molecule has 0 amide bonds. The highest BCUT2D eigenvalue weighted by molar-refractivity contribution is 9.10. The van der Waals surface area contributed by atoms with Gasteiger partial charge in [0.15, 0.2) is 0 Å². The second-order valence-corrected chi connectivity index (χ2v) is 4.81. The van der Waals surface area contributed by atoms with Crippen molar-refractivity contribution >= 4 is 27.2 Å². The third-order valence-electron chi connectivity index (χ3n) is 2.61. The minimum Gasteiger partial charge on any atom is -0.381 e. The zero-order chi connectivity index (χ0) is 13.0. The molecule has 0 aliphatic rings. The van der Waals surface area contributed by atoms with Crippen LogP contribution in [0.2, 0.25) is 0 Å². The van der Waals surface area contributed by atoms with Crippen LogP contribution in [-0.4, -0.2) is 6.54 Å². The number of benzene rings is 2. The summed E-state index contributed by atoms with van der Waals surface area (Å²) in [6.45, 7) is 4.66. The maximum Gasteiger partial charge on any atom is 0.137 e. The topological polar surface area (TPSA) is 12.0 Å². The number of rotatable bonds is 4. The lowest BCUT2D eigenvalue weighted by Crippen LogP contribution is -2.03. The number of anilines is 1. The molecule has 0 atom stereocenters. The summed E-state index contributed by atoms with van der Waals surface area (Å²) < 4.78 is 13.5. The molecule has 0 saturated heterocycles. The summed E-state index contributed by atoms with van der Waals surface area (Å²) in [5, 5.41) is 3.21. The van der Waals surface area contributed by atoms with Gasteiger partial charge in [-0.05, 0) is 45.3 Å². The quantitative estimate of drug-likeness (QED) is 0.862. The molecule has 2 rings (SSSR count). The first-order valence-corrected chi connectivity index (χ1v) is 6.38. The molecule has 3 heteroatoms. The second-order valence-electron chi connectivity index (χ2n) is 3.95. The van der Waals surface area contributed by atoms with Gasteiger partial charge in [-0.2, -0.15) is 0 Å². The Hall–Kier alpha value is -1.61. The summed E-state index contributed by atoms with van der Waals surface area (Å²) in [5.41, 5.74) is 2.96. The molecule has 18 heavy (non-hydrogen) atoms. The summed E-state index contributed by atoms with van der Waals surface area (Å²) in [6.07, 6.45) is 0. The van der Waals surface area contributed by atoms with Crippen molar-refractivity contribution in [1.82, 2.24) is 0 Å². The molecule has 1 N–H and O–H groups in total. The van der Waals surface area contributed by atoms with Crippen LogP contribution in [0.25, 0.3) is 5.57 Å². The standard InChI is InChI=1S/C15H13BrFN/c1-11(12-5-3-2-4-6-12)10-18-13-7-8-15(17)14(16)9-13/h2-9,18H,1,10H2. The summed E-state index contributed by atoms with van der Waals surface area (Å²) in [7, 11) is 0. The Morgan fingerprint density at radius 1 is 1.17 bits per heavy atom. The van der Waals surface area contributed by atoms with Gasteiger partial charge in [0.1, 0.15) is 5.82 Å². The Morgan fingerprint density at radius 2 is 1.89 bits per heavy atom. The van der Waals surface area contributed by atoms with Crippen LogP contribution < -0.4 is 5.32 Å². The molecule has 0 aliphatic carbocycles. The normalized spacial score (nSPS) is 10.1. The molecule has 0 bridgehead atoms. The van der Waals surface area contributed by atoms with E-state index in [0.29, 0.717) is 11.0 Å². The van der Waals surface area contributed by atoms with Crippen molar-refractivity contribution in [3.8, 4) is 0 Å². The SMILES string of the molecule is C=C(CNc1ccc(F)c(Br)c1)c1ccccc1. The van der Waals surface area contributed by atoms with E-state index in [1.807, 2.05) is 30.3 Å². The van der Waals surface area contributed by atoms with E-state index in [2.05, 4.69) is 27.8 Å². The number of halogens is 2. The van der Waals surface area contributed by atoms with E-state index in [9.17, 15) is 4.39 Å². The molecular formula is C15H13BrFN. The highest BCUT2D eigenvalue weighted by Gasteiger charge is 2.01. The average Bonchev–Trinajstić information content (AvgIpc) is 2.41. The summed E-state index contributed by atoms with van der Waals surface area (Å²) in [6, 6.07) is 14.8. The number of hydrogen-bond donors (Lipinski definition) is 1. The van der Waals surface area contributed by atoms with Crippen LogP contribution in [0, 0.1) is 5.82 Å². The molecule has 2 aromatic rings. The van der Waals surface area contributed by atoms with Crippen LogP contribution in [-0.2, 0) is 0 Å². The monoisotopic (exact) mass is 305 g/mol. The molecule has 0 unspecified atom stereocenters. The lowest BCUT2D eigenvalue weighted by molar-refractivity contribution is 0.621. The van der Waals surface area contributed by atoms with Gasteiger partial charge < -0.3 is 5.32 Å². The Kier molecular flexibility index (Phi) is 4.15. The van der Waals surface area contributed by atoms with Crippen LogP contribution in [0.5, 0.6) is 0 Å². The fourth-order valence-electron chi connectivity index (χ4n) is 1.59. The molecule has 0 spiro atoms. The summed E-state index contributed by atoms with van der Waals surface area (Å²) in [4.78, 5) is 0. The fourth-order valence-corrected chi connectivity index (χ4v) is 1.97. The van der Waals surface area contributed by atoms with Crippen molar-refractivity contribution in [3.63, 3.8) is 0 Å². The lowest BCUT2D eigenvalue weighted by Gasteiger charge is -2.09. The number of nitrogens with one attached hydrogen (secondary N) is 1. The van der Waals surface area contributed by atoms with E-state index in [1.54, 1.807) is 12.1 Å². The largest absolute Gasteiger partial charge is 0.381 e. The first-order chi connectivity index (χ1) is 8.66. The van der Waals surface area contributed by atoms with E-state index in [0.717, 1.165) is 16.8 Å². The first kappa shape index (κ1) is 12.8. The molecule has 0 saturated carbocycles. The molecule has 1 nitrogen and oxygen atoms in total. The van der Waals surface area contributed by atoms with Crippen molar-refractivity contribution in [2.75, 3.05) is 11.9 Å². The maximum atomic E-state index is 13.1. The Balaban J connectivity index is 1.99. The maximum absolute atomic E-state index is 13.1. The van der Waals surface area contributed by atoms with E-state index in [-0.39, 0.29) is 5.82 Å². The molecule has 0 fully saturated rings. The zero-order valence-corrected chi connectivity index (χ0v) is 11.4. The highest BCUT2D eigenvalue weighted by Crippen LogP contribution is 2.21. The molecule has 2 aromatic carbocycles. The Morgan fingerprint density at radius 3 is 2.56 bits per heavy atom. The predicted molar refractivity (Wildman–Crippen MR) is 78.1 cm³/mol. The lowest BCUT2D eigenvalue weighted by atomic mass is 10.1. The average molecular weight is 306 g/mol. The minimum absolute atomic E-state index is 0.262. The van der Waals surface area contributed by atoms with Gasteiger partial charge >= 0.3 is 0 Å². The fraction of sp³-hybridized carbons (Fsp3) is 0.0667. The predicted octanol–water partition coefficient (Wildman–Crippen LogP) is 4.71. The van der Waals surface area contributed by atoms with Crippen LogP contribution >= 0.6 is 15.9 Å². The zero-order valence-electron chi connectivity index (χ0n) is 9.79. The smallest absolute Gasteiger partial charge is 0.137 e. The van der Waals surface area contributed by atoms with Gasteiger partial charge in [-0.25, -0.2) is 4.39 Å². The van der Waals surface area contributed by atoms with Gasteiger partial charge in [0, 0.05) is 12.2 Å². The Labute approximate surface area is 114 Å². The molecule has 92 valence electrons. The van der Waals surface area contributed by atoms with Crippen LogP contribution in [0.1, 0.15) is 5.56 Å². The van der Waals surface area contributed by atoms with E-state index in [4.69, 9.17) is 0 Å². The molecule has 0 radical (unpaired) electrons. The summed E-state index contributed by atoms with van der Waals surface area (Å²) >= 11 is 3.16. The van der Waals surface area contributed by atoms with Gasteiger partial charge in [-0.3, -0.25) is 0 Å². The van der Waals surface area contributed by atoms with Crippen molar-refractivity contribution in [3.05, 3.63) is 71.0 Å². The third-order valence-corrected chi connectivity index (χ3v) is 3.22. The Bertz CT molecular complexity index is 552. The van der Waals surface area contributed by atoms with E-state index in [1.165, 1.54) is 6.07 Å². The van der Waals surface area contributed by atoms with Gasteiger partial charge in [0.05, 0.1) is 4.47 Å². The van der Waals surface area contributed by atoms with E-state index >= 15 is 0 Å². The molecule has 0 aromatic heterocycles. The van der Waals surface area contributed by atoms with Crippen LogP contribution in [0.4, 0.5) is 10.1 Å². The van der Waals surface area contributed by atoms with Crippen molar-refractivity contribution in [1.29, 1.82) is 0 Å². The van der Waals surface area contributed by atoms with E-state index < -0.39 is 0 Å². The van der Waals surface area contributed by atoms with Crippen molar-refractivity contribution in [2.45, 2.75) is 0 Å². The number of hydrogen-bond acceptors (Lipinski definition) is 1. The van der Waals surface area contributed by atoms with Crippen LogP contribution in [0.15, 0.2) is 59.6 Å². The van der Waals surface area contributed by atoms with Gasteiger partial charge in [0.25, 0.3) is 0 Å². The summed E-state index contributed by atoms with van der Waals surface area (Å²) in [5.74, 6) is -0.262. The highest BCUT2D eigenvalue weighted by atomic mass is 79.9. The van der Waals surface area contributed by atoms with Gasteiger partial charge in [-0.1, -0.05) is 36.9 Å². The van der Waals surface area contributed by atoms with Crippen molar-refractivity contribution in [2.24, 2.45) is 0 Å². The molecule has 0 heterocycles. The van der Waals surface area contributed by atoms with Gasteiger partial charge in [-0.15, -0.1) is 0 Å². The van der Waals surface area contributed by atoms with Crippen LogP contribution in [0.3, 0.4) is 0 Å². The molecule has 0 aliphatic heterocycles. The second kappa shape index (κ2) is 5.83.